The molecule has 11 aromatic carbocycles. The van der Waals surface area contributed by atoms with Gasteiger partial charge >= 0.3 is 0 Å². The number of para-hydroxylation sites is 2. The largest absolute Gasteiger partial charge is 0.310 e. The van der Waals surface area contributed by atoms with E-state index in [0.717, 1.165) is 22.7 Å². The van der Waals surface area contributed by atoms with Gasteiger partial charge in [0.05, 0.1) is 22.1 Å². The number of aromatic nitrogens is 1. The number of benzene rings is 11. The number of rotatable bonds is 7. The number of hydrogen-bond acceptors (Lipinski definition) is 1. The van der Waals surface area contributed by atoms with Crippen molar-refractivity contribution in [2.45, 2.75) is 5.41 Å². The average molecular weight is 827 g/mol. The van der Waals surface area contributed by atoms with Gasteiger partial charge in [0, 0.05) is 33.4 Å². The molecule has 1 heterocycles. The summed E-state index contributed by atoms with van der Waals surface area (Å²) in [6.07, 6.45) is 0. The van der Waals surface area contributed by atoms with Crippen LogP contribution in [0.5, 0.6) is 0 Å². The fraction of sp³-hybridized carbons (Fsp3) is 0.0159. The third kappa shape index (κ3) is 5.67. The van der Waals surface area contributed by atoms with Gasteiger partial charge in [-0.1, -0.05) is 194 Å². The van der Waals surface area contributed by atoms with Crippen LogP contribution in [0.1, 0.15) is 22.3 Å². The quantitative estimate of drug-likeness (QED) is 0.155. The van der Waals surface area contributed by atoms with Gasteiger partial charge in [0.2, 0.25) is 0 Å². The molecule has 1 aliphatic rings. The zero-order valence-electron chi connectivity index (χ0n) is 35.6. The van der Waals surface area contributed by atoms with E-state index in [1.165, 1.54) is 87.9 Å². The van der Waals surface area contributed by atoms with Gasteiger partial charge in [-0.3, -0.25) is 0 Å². The van der Waals surface area contributed by atoms with E-state index in [4.69, 9.17) is 0 Å². The van der Waals surface area contributed by atoms with Crippen molar-refractivity contribution in [3.8, 4) is 27.9 Å². The Kier molecular flexibility index (Phi) is 8.47. The molecule has 0 radical (unpaired) electrons. The molecule has 1 aromatic heterocycles. The van der Waals surface area contributed by atoms with Crippen LogP contribution in [0.2, 0.25) is 0 Å². The van der Waals surface area contributed by atoms with Crippen molar-refractivity contribution in [1.29, 1.82) is 0 Å². The summed E-state index contributed by atoms with van der Waals surface area (Å²) >= 11 is 0. The van der Waals surface area contributed by atoms with Crippen molar-refractivity contribution in [1.82, 2.24) is 4.57 Å². The van der Waals surface area contributed by atoms with Crippen molar-refractivity contribution in [3.63, 3.8) is 0 Å². The monoisotopic (exact) mass is 826 g/mol. The molecule has 0 spiro atoms. The number of anilines is 3. The van der Waals surface area contributed by atoms with Crippen LogP contribution in [0.3, 0.4) is 0 Å². The van der Waals surface area contributed by atoms with E-state index in [2.05, 4.69) is 264 Å². The fourth-order valence-electron chi connectivity index (χ4n) is 11.0. The molecule has 304 valence electrons. The summed E-state index contributed by atoms with van der Waals surface area (Å²) in [4.78, 5) is 2.52. The van der Waals surface area contributed by atoms with Gasteiger partial charge < -0.3 is 9.47 Å². The Balaban J connectivity index is 1.16. The standard InChI is InChI=1S/C63H42N2/c1-4-22-48(23-5-1)63(49-24-6-2-7-25-49)56-30-16-14-28-53(56)54-37-36-52(42-57(54)63)64(51-35-34-44-19-11-13-21-46(44)41-51)59-38-39-60-62(61(59)47-33-32-43-18-10-12-20-45(43)40-47)55-29-15-17-31-58(55)65(60)50-26-8-3-9-27-50/h1-42H. The normalized spacial score (nSPS) is 12.7. The summed E-state index contributed by atoms with van der Waals surface area (Å²) in [5.74, 6) is 0. The molecule has 0 saturated heterocycles. The first-order chi connectivity index (χ1) is 32.3. The first-order valence-corrected chi connectivity index (χ1v) is 22.5. The maximum absolute atomic E-state index is 2.52. The molecule has 65 heavy (non-hydrogen) atoms. The van der Waals surface area contributed by atoms with Crippen LogP contribution in [0.15, 0.2) is 255 Å². The summed E-state index contributed by atoms with van der Waals surface area (Å²) in [6, 6.07) is 94.2. The van der Waals surface area contributed by atoms with Crippen LogP contribution in [0.4, 0.5) is 17.1 Å². The third-order valence-corrected chi connectivity index (χ3v) is 13.8. The van der Waals surface area contributed by atoms with E-state index in [-0.39, 0.29) is 0 Å². The maximum Gasteiger partial charge on any atom is 0.0714 e. The molecule has 0 amide bonds. The van der Waals surface area contributed by atoms with E-state index >= 15 is 0 Å². The zero-order chi connectivity index (χ0) is 42.9. The minimum Gasteiger partial charge on any atom is -0.310 e. The van der Waals surface area contributed by atoms with Crippen LogP contribution in [-0.2, 0) is 5.41 Å². The molecule has 0 fully saturated rings. The van der Waals surface area contributed by atoms with Crippen molar-refractivity contribution in [2.75, 3.05) is 4.90 Å². The van der Waals surface area contributed by atoms with E-state index in [1.807, 2.05) is 0 Å². The van der Waals surface area contributed by atoms with E-state index in [1.54, 1.807) is 0 Å². The second kappa shape index (κ2) is 14.8. The Bertz CT molecular complexity index is 3730. The lowest BCUT2D eigenvalue weighted by atomic mass is 9.67. The number of fused-ring (bicyclic) bond motifs is 8. The molecule has 0 saturated carbocycles. The topological polar surface area (TPSA) is 8.17 Å². The highest BCUT2D eigenvalue weighted by Crippen LogP contribution is 2.58. The lowest BCUT2D eigenvalue weighted by Crippen LogP contribution is -2.28. The SMILES string of the molecule is c1ccc(-n2c3ccccc3c3c(-c4ccc5ccccc5c4)c(N(c4ccc5c(c4)C(c4ccccc4)(c4ccccc4)c4ccccc4-5)c4ccc5ccccc5c4)ccc32)cc1. The molecule has 1 aliphatic carbocycles. The van der Waals surface area contributed by atoms with Gasteiger partial charge in [0.25, 0.3) is 0 Å². The number of hydrogen-bond donors (Lipinski definition) is 0. The Hall–Kier alpha value is -8.46. The Morgan fingerprint density at radius 2 is 0.908 bits per heavy atom. The molecule has 0 unspecified atom stereocenters. The second-order valence-electron chi connectivity index (χ2n) is 17.2. The van der Waals surface area contributed by atoms with Gasteiger partial charge in [0.15, 0.2) is 0 Å². The minimum absolute atomic E-state index is 0.548. The second-order valence-corrected chi connectivity index (χ2v) is 17.2. The summed E-state index contributed by atoms with van der Waals surface area (Å²) in [7, 11) is 0. The smallest absolute Gasteiger partial charge is 0.0714 e. The van der Waals surface area contributed by atoms with E-state index < -0.39 is 5.41 Å². The highest BCUT2D eigenvalue weighted by Gasteiger charge is 2.46. The Labute approximate surface area is 378 Å². The Morgan fingerprint density at radius 1 is 0.354 bits per heavy atom. The van der Waals surface area contributed by atoms with Gasteiger partial charge in [-0.25, -0.2) is 0 Å². The predicted molar refractivity (Wildman–Crippen MR) is 273 cm³/mol. The molecule has 0 bridgehead atoms. The van der Waals surface area contributed by atoms with Gasteiger partial charge in [-0.2, -0.15) is 0 Å². The molecular formula is C63H42N2. The van der Waals surface area contributed by atoms with Crippen LogP contribution < -0.4 is 4.90 Å². The molecule has 0 atom stereocenters. The summed E-state index contributed by atoms with van der Waals surface area (Å²) in [5, 5.41) is 7.28. The molecule has 2 heteroatoms. The Morgan fingerprint density at radius 3 is 1.65 bits per heavy atom. The summed E-state index contributed by atoms with van der Waals surface area (Å²) in [5.41, 5.74) is 16.2. The fourth-order valence-corrected chi connectivity index (χ4v) is 11.0. The molecule has 12 aromatic rings. The lowest BCUT2D eigenvalue weighted by molar-refractivity contribution is 0.768. The molecule has 13 rings (SSSR count). The highest BCUT2D eigenvalue weighted by atomic mass is 15.1. The van der Waals surface area contributed by atoms with Crippen molar-refractivity contribution in [3.05, 3.63) is 277 Å². The van der Waals surface area contributed by atoms with Gasteiger partial charge in [0.1, 0.15) is 0 Å². The van der Waals surface area contributed by atoms with Gasteiger partial charge in [-0.15, -0.1) is 0 Å². The molecule has 0 N–H and O–H groups in total. The van der Waals surface area contributed by atoms with E-state index in [9.17, 15) is 0 Å². The molecule has 2 nitrogen and oxygen atoms in total. The highest BCUT2D eigenvalue weighted by molar-refractivity contribution is 6.19. The van der Waals surface area contributed by atoms with Crippen LogP contribution in [0, 0.1) is 0 Å². The third-order valence-electron chi connectivity index (χ3n) is 13.8. The lowest BCUT2D eigenvalue weighted by Gasteiger charge is -2.35. The van der Waals surface area contributed by atoms with E-state index in [0.29, 0.717) is 0 Å². The van der Waals surface area contributed by atoms with Crippen LogP contribution in [0.25, 0.3) is 71.3 Å². The molecular weight excluding hydrogens is 785 g/mol. The summed E-state index contributed by atoms with van der Waals surface area (Å²) < 4.78 is 2.43. The average Bonchev–Trinajstić information content (AvgIpc) is 3.87. The predicted octanol–water partition coefficient (Wildman–Crippen LogP) is 16.6. The minimum atomic E-state index is -0.548. The van der Waals surface area contributed by atoms with Gasteiger partial charge in [-0.05, 0) is 121 Å². The van der Waals surface area contributed by atoms with Crippen molar-refractivity contribution < 1.29 is 0 Å². The molecule has 0 aliphatic heterocycles. The van der Waals surface area contributed by atoms with Crippen LogP contribution >= 0.6 is 0 Å². The maximum atomic E-state index is 2.52. The first-order valence-electron chi connectivity index (χ1n) is 22.5. The summed E-state index contributed by atoms with van der Waals surface area (Å²) in [6.45, 7) is 0. The van der Waals surface area contributed by atoms with Crippen molar-refractivity contribution >= 4 is 60.4 Å². The van der Waals surface area contributed by atoms with Crippen LogP contribution in [-0.4, -0.2) is 4.57 Å². The number of nitrogens with zero attached hydrogens (tertiary/aromatic N) is 2. The van der Waals surface area contributed by atoms with Crippen molar-refractivity contribution in [2.24, 2.45) is 0 Å². The zero-order valence-corrected chi connectivity index (χ0v) is 35.6. The first kappa shape index (κ1) is 37.1.